The van der Waals surface area contributed by atoms with Crippen LogP contribution < -0.4 is 5.32 Å². The van der Waals surface area contributed by atoms with Gasteiger partial charge in [-0.1, -0.05) is 0 Å². The van der Waals surface area contributed by atoms with Crippen molar-refractivity contribution in [3.8, 4) is 0 Å². The molecule has 112 valence electrons. The molecule has 0 aliphatic carbocycles. The van der Waals surface area contributed by atoms with Crippen molar-refractivity contribution in [2.24, 2.45) is 0 Å². The minimum absolute atomic E-state index is 0. The van der Waals surface area contributed by atoms with Crippen molar-refractivity contribution in [1.82, 2.24) is 5.32 Å². The number of halogens is 1. The first-order valence-electron chi connectivity index (χ1n) is 6.78. The molecule has 0 spiro atoms. The molecule has 1 N–H and O–H groups in total. The van der Waals surface area contributed by atoms with Crippen LogP contribution in [-0.2, 0) is 9.95 Å². The van der Waals surface area contributed by atoms with Crippen LogP contribution in [0.5, 0.6) is 0 Å². The van der Waals surface area contributed by atoms with Crippen LogP contribution in [0.3, 0.4) is 0 Å². The monoisotopic (exact) mass is 359 g/mol. The van der Waals surface area contributed by atoms with Crippen molar-refractivity contribution >= 4 is 33.0 Å². The van der Waals surface area contributed by atoms with E-state index >= 15 is 0 Å². The molecule has 1 fully saturated rings. The normalized spacial score (nSPS) is 19.2. The summed E-state index contributed by atoms with van der Waals surface area (Å²) in [5.74, 6) is -0.257. The summed E-state index contributed by atoms with van der Waals surface area (Å²) in [6, 6.07) is 8.65. The van der Waals surface area contributed by atoms with Gasteiger partial charge in [-0.05, 0) is 0 Å². The van der Waals surface area contributed by atoms with Crippen LogP contribution in [0.25, 0.3) is 0 Å². The molecule has 3 nitrogen and oxygen atoms in total. The summed E-state index contributed by atoms with van der Waals surface area (Å²) in [5, 5.41) is 6.18. The van der Waals surface area contributed by atoms with E-state index in [1.165, 1.54) is 42.5 Å². The van der Waals surface area contributed by atoms with Crippen LogP contribution >= 0.6 is 12.4 Å². The van der Waals surface area contributed by atoms with Crippen LogP contribution in [0.15, 0.2) is 24.3 Å². The number of hydrogen-bond acceptors (Lipinski definition) is 3. The van der Waals surface area contributed by atoms with E-state index in [-0.39, 0.29) is 18.4 Å². The van der Waals surface area contributed by atoms with Gasteiger partial charge < -0.3 is 0 Å². The van der Waals surface area contributed by atoms with E-state index in [0.717, 1.165) is 6.04 Å². The van der Waals surface area contributed by atoms with E-state index in [1.54, 1.807) is 0 Å². The fraction of sp³-hybridized carbons (Fsp3) is 0.533. The van der Waals surface area contributed by atoms with Gasteiger partial charge in [-0.3, -0.25) is 0 Å². The molecular weight excluding hydrogens is 337 g/mol. The van der Waals surface area contributed by atoms with Gasteiger partial charge in [-0.25, -0.2) is 0 Å². The fourth-order valence-corrected chi connectivity index (χ4v) is 6.78. The second-order valence-electron chi connectivity index (χ2n) is 5.18. The van der Waals surface area contributed by atoms with Gasteiger partial charge in [0.25, 0.3) is 0 Å². The molecule has 1 aromatic rings. The number of hydrogen-bond donors (Lipinski definition) is 1. The van der Waals surface area contributed by atoms with Crippen molar-refractivity contribution in [3.05, 3.63) is 35.4 Å². The molecule has 0 radical (unpaired) electrons. The summed E-state index contributed by atoms with van der Waals surface area (Å²) in [5.41, 5.74) is 4.44. The molecule has 1 aliphatic rings. The third kappa shape index (κ3) is 5.12. The van der Waals surface area contributed by atoms with Gasteiger partial charge in [-0.2, -0.15) is 0 Å². The minimum Gasteiger partial charge on any atom is -0.147 e. The molecule has 2 unspecified atom stereocenters. The standard InChI is InChI=1S/C15H22AsNO2.ClH/c1-16(11-14-4-3-9-17-14)10-12-5-7-13(8-6-12)15(18)19-2;/h5-8,14,17H,3-4,9-11H2,1-2H3;1H. The zero-order valence-corrected chi connectivity index (χ0v) is 14.8. The maximum Gasteiger partial charge on any atom is -0.147 e. The van der Waals surface area contributed by atoms with Crippen molar-refractivity contribution < 1.29 is 9.53 Å². The zero-order valence-electron chi connectivity index (χ0n) is 12.1. The Morgan fingerprint density at radius 2 is 2.10 bits per heavy atom. The Balaban J connectivity index is 0.00000200. The first-order chi connectivity index (χ1) is 9.19. The Morgan fingerprint density at radius 1 is 1.40 bits per heavy atom. The Kier molecular flexibility index (Phi) is 7.64. The van der Waals surface area contributed by atoms with E-state index in [4.69, 9.17) is 4.74 Å². The number of carbonyl (C=O) groups excluding carboxylic acids is 1. The number of benzene rings is 1. The second-order valence-corrected chi connectivity index (χ2v) is 10.2. The van der Waals surface area contributed by atoms with Gasteiger partial charge in [-0.15, -0.1) is 12.4 Å². The number of methoxy groups -OCH3 is 1. The predicted octanol–water partition coefficient (Wildman–Crippen LogP) is 2.85. The van der Waals surface area contributed by atoms with E-state index in [1.807, 2.05) is 12.1 Å². The van der Waals surface area contributed by atoms with E-state index in [0.29, 0.717) is 5.56 Å². The van der Waals surface area contributed by atoms with Crippen LogP contribution in [-0.4, -0.2) is 40.3 Å². The summed E-state index contributed by atoms with van der Waals surface area (Å²) in [6.07, 6.45) is 2.68. The molecule has 2 rings (SSSR count). The molecular formula is C15H23AsClNO2. The fourth-order valence-electron chi connectivity index (χ4n) is 2.53. The Bertz CT molecular complexity index is 418. The maximum atomic E-state index is 11.4. The van der Waals surface area contributed by atoms with Crippen LogP contribution in [0.1, 0.15) is 28.8 Å². The van der Waals surface area contributed by atoms with E-state index in [2.05, 4.69) is 23.2 Å². The molecule has 0 amide bonds. The molecule has 0 bridgehead atoms. The average molecular weight is 360 g/mol. The summed E-state index contributed by atoms with van der Waals surface area (Å²) in [7, 11) is 1.42. The molecule has 0 saturated carbocycles. The van der Waals surface area contributed by atoms with Crippen molar-refractivity contribution in [1.29, 1.82) is 0 Å². The summed E-state index contributed by atoms with van der Waals surface area (Å²) in [6.45, 7) is 1.20. The first-order valence-corrected chi connectivity index (χ1v) is 11.3. The quantitative estimate of drug-likeness (QED) is 0.649. The summed E-state index contributed by atoms with van der Waals surface area (Å²) in [4.78, 5) is 11.4. The van der Waals surface area contributed by atoms with E-state index < -0.39 is 14.7 Å². The molecule has 1 aromatic carbocycles. The maximum absolute atomic E-state index is 11.4. The van der Waals surface area contributed by atoms with Gasteiger partial charge in [0.15, 0.2) is 0 Å². The third-order valence-electron chi connectivity index (χ3n) is 3.52. The van der Waals surface area contributed by atoms with Gasteiger partial charge >= 0.3 is 120 Å². The number of carbonyl (C=O) groups is 1. The van der Waals surface area contributed by atoms with Crippen LogP contribution in [0, 0.1) is 0 Å². The van der Waals surface area contributed by atoms with Crippen molar-refractivity contribution in [2.75, 3.05) is 13.7 Å². The van der Waals surface area contributed by atoms with Gasteiger partial charge in [0.2, 0.25) is 0 Å². The topological polar surface area (TPSA) is 38.3 Å². The minimum atomic E-state index is -0.777. The largest absolute Gasteiger partial charge is 0.147 e. The molecule has 1 saturated heterocycles. The number of ether oxygens (including phenoxy) is 1. The van der Waals surface area contributed by atoms with E-state index in [9.17, 15) is 4.79 Å². The average Bonchev–Trinajstić information content (AvgIpc) is 2.91. The molecule has 1 aliphatic heterocycles. The van der Waals surface area contributed by atoms with Crippen molar-refractivity contribution in [2.45, 2.75) is 35.0 Å². The predicted molar refractivity (Wildman–Crippen MR) is 86.2 cm³/mol. The number of nitrogens with one attached hydrogen (secondary N) is 1. The van der Waals surface area contributed by atoms with Gasteiger partial charge in [0, 0.05) is 0 Å². The summed E-state index contributed by atoms with van der Waals surface area (Å²) >= 11 is -0.777. The SMILES string of the molecule is COC(=O)c1ccc(C[As](C)CC2CCCN2)cc1.Cl. The number of rotatable bonds is 5. The van der Waals surface area contributed by atoms with Crippen LogP contribution in [0.4, 0.5) is 0 Å². The molecule has 0 aromatic heterocycles. The molecule has 20 heavy (non-hydrogen) atoms. The Labute approximate surface area is 132 Å². The first kappa shape index (κ1) is 17.5. The molecule has 1 heterocycles. The molecule has 5 heteroatoms. The van der Waals surface area contributed by atoms with Gasteiger partial charge in [0.05, 0.1) is 0 Å². The zero-order chi connectivity index (χ0) is 13.7. The van der Waals surface area contributed by atoms with Crippen LogP contribution in [0.2, 0.25) is 10.9 Å². The van der Waals surface area contributed by atoms with Crippen molar-refractivity contribution in [3.63, 3.8) is 0 Å². The second kappa shape index (κ2) is 8.71. The third-order valence-corrected chi connectivity index (χ3v) is 7.65. The Morgan fingerprint density at radius 3 is 2.65 bits per heavy atom. The van der Waals surface area contributed by atoms with Gasteiger partial charge in [0.1, 0.15) is 0 Å². The Hall–Kier alpha value is -0.502. The number of esters is 1. The smallest absolute Gasteiger partial charge is 0.147 e. The molecule has 2 atom stereocenters. The summed E-state index contributed by atoms with van der Waals surface area (Å²) < 4.78 is 4.71.